The molecule has 224 valence electrons. The molecule has 10 nitrogen and oxygen atoms in total. The van der Waals surface area contributed by atoms with Gasteiger partial charge in [-0.25, -0.2) is 4.98 Å². The van der Waals surface area contributed by atoms with Crippen LogP contribution in [0.4, 0.5) is 0 Å². The molecule has 4 aromatic rings. The van der Waals surface area contributed by atoms with Crippen molar-refractivity contribution in [1.82, 2.24) is 38.9 Å². The second-order valence-corrected chi connectivity index (χ2v) is 12.0. The van der Waals surface area contributed by atoms with E-state index in [1.165, 1.54) is 0 Å². The largest absolute Gasteiger partial charge is 0.507 e. The molecule has 0 saturated carbocycles. The first-order valence-corrected chi connectivity index (χ1v) is 15.1. The highest BCUT2D eigenvalue weighted by Gasteiger charge is 2.29. The van der Waals surface area contributed by atoms with Crippen LogP contribution in [0.2, 0.25) is 0 Å². The Morgan fingerprint density at radius 1 is 0.833 bits per heavy atom. The molecule has 0 spiro atoms. The molecular formula is C32H44N8O2. The predicted molar refractivity (Wildman–Crippen MR) is 167 cm³/mol. The predicted octanol–water partition coefficient (Wildman–Crippen LogP) is 3.34. The Hall–Kier alpha value is -3.44. The van der Waals surface area contributed by atoms with E-state index in [1.807, 2.05) is 38.2 Å². The molecule has 0 radical (unpaired) electrons. The van der Waals surface area contributed by atoms with E-state index in [1.54, 1.807) is 0 Å². The maximum Gasteiger partial charge on any atom is 0.144 e. The number of fused-ring (bicyclic) bond motifs is 1. The molecule has 2 fully saturated rings. The van der Waals surface area contributed by atoms with Gasteiger partial charge in [0.05, 0.1) is 28.8 Å². The molecular weight excluding hydrogens is 528 g/mol. The number of imidazole rings is 1. The zero-order valence-electron chi connectivity index (χ0n) is 25.6. The molecule has 4 heterocycles. The molecule has 0 atom stereocenters. The van der Waals surface area contributed by atoms with Crippen LogP contribution in [0.5, 0.6) is 11.5 Å². The fraction of sp³-hybridized carbons (Fsp3) is 0.500. The molecule has 0 unspecified atom stereocenters. The van der Waals surface area contributed by atoms with Crippen molar-refractivity contribution in [2.75, 3.05) is 66.5 Å². The van der Waals surface area contributed by atoms with Crippen LogP contribution in [-0.2, 0) is 26.7 Å². The van der Waals surface area contributed by atoms with Crippen LogP contribution in [0.3, 0.4) is 0 Å². The summed E-state index contributed by atoms with van der Waals surface area (Å²) in [7, 11) is 6.33. The second-order valence-electron chi connectivity index (χ2n) is 12.0. The minimum atomic E-state index is 0.105. The van der Waals surface area contributed by atoms with Crippen LogP contribution in [0, 0.1) is 6.92 Å². The number of para-hydroxylation sites is 2. The molecule has 2 N–H and O–H groups in total. The van der Waals surface area contributed by atoms with Gasteiger partial charge in [-0.3, -0.25) is 14.5 Å². The standard InChI is InChI=1S/C32H44N8O2/c1-6-23-19-24(31(42)25(30(23)41)20-38-15-11-35(3)12-16-38)29-28(32-33-26-9-7-8-10-27(26)37(32)5)22(2)40(34-29)21-39-17-13-36(4)14-18-39/h7-10,19,41-42H,6,11-18,20-21H2,1-5H3. The minimum absolute atomic E-state index is 0.105. The summed E-state index contributed by atoms with van der Waals surface area (Å²) in [6.45, 7) is 13.0. The summed E-state index contributed by atoms with van der Waals surface area (Å²) in [5.74, 6) is 1.11. The van der Waals surface area contributed by atoms with Crippen molar-refractivity contribution in [2.24, 2.45) is 7.05 Å². The van der Waals surface area contributed by atoms with Crippen molar-refractivity contribution < 1.29 is 10.2 Å². The molecule has 0 amide bonds. The Bertz CT molecular complexity index is 1580. The molecule has 0 aliphatic carbocycles. The number of aromatic nitrogens is 4. The molecule has 0 bridgehead atoms. The van der Waals surface area contributed by atoms with E-state index >= 15 is 0 Å². The fourth-order valence-corrected chi connectivity index (χ4v) is 6.30. The van der Waals surface area contributed by atoms with Gasteiger partial charge in [0.2, 0.25) is 0 Å². The number of phenols is 2. The molecule has 2 aliphatic rings. The van der Waals surface area contributed by atoms with Crippen molar-refractivity contribution in [3.05, 3.63) is 47.2 Å². The van der Waals surface area contributed by atoms with Crippen LogP contribution in [0.1, 0.15) is 23.7 Å². The van der Waals surface area contributed by atoms with E-state index in [9.17, 15) is 10.2 Å². The fourth-order valence-electron chi connectivity index (χ4n) is 6.30. The van der Waals surface area contributed by atoms with Gasteiger partial charge in [-0.2, -0.15) is 5.10 Å². The number of rotatable bonds is 7. The van der Waals surface area contributed by atoms with Crippen LogP contribution >= 0.6 is 0 Å². The van der Waals surface area contributed by atoms with Crippen molar-refractivity contribution >= 4 is 11.0 Å². The number of piperazine rings is 2. The van der Waals surface area contributed by atoms with Gasteiger partial charge in [0, 0.05) is 77.2 Å². The third kappa shape index (κ3) is 5.28. The Morgan fingerprint density at radius 3 is 2.12 bits per heavy atom. The maximum absolute atomic E-state index is 11.9. The second kappa shape index (κ2) is 11.7. The lowest BCUT2D eigenvalue weighted by atomic mass is 9.95. The summed E-state index contributed by atoms with van der Waals surface area (Å²) < 4.78 is 4.18. The third-order valence-corrected chi connectivity index (χ3v) is 9.21. The monoisotopic (exact) mass is 572 g/mol. The lowest BCUT2D eigenvalue weighted by Crippen LogP contribution is -2.45. The lowest BCUT2D eigenvalue weighted by molar-refractivity contribution is 0.119. The first kappa shape index (κ1) is 28.7. The van der Waals surface area contributed by atoms with Gasteiger partial charge in [-0.05, 0) is 51.2 Å². The van der Waals surface area contributed by atoms with Gasteiger partial charge in [-0.15, -0.1) is 0 Å². The summed E-state index contributed by atoms with van der Waals surface area (Å²) in [5.41, 5.74) is 6.63. The van der Waals surface area contributed by atoms with Gasteiger partial charge in [0.1, 0.15) is 23.0 Å². The van der Waals surface area contributed by atoms with Crippen LogP contribution in [0.25, 0.3) is 33.7 Å². The Labute approximate surface area is 248 Å². The van der Waals surface area contributed by atoms with Gasteiger partial charge >= 0.3 is 0 Å². The average molecular weight is 573 g/mol. The zero-order chi connectivity index (χ0) is 29.5. The SMILES string of the molecule is CCc1cc(-c2nn(CN3CCN(C)CC3)c(C)c2-c2nc3ccccc3n2C)c(O)c(CN2CCN(C)CC2)c1O. The van der Waals surface area contributed by atoms with Crippen molar-refractivity contribution in [3.63, 3.8) is 0 Å². The van der Waals surface area contributed by atoms with E-state index in [4.69, 9.17) is 10.1 Å². The summed E-state index contributed by atoms with van der Waals surface area (Å²) >= 11 is 0. The molecule has 2 aromatic heterocycles. The molecule has 6 rings (SSSR count). The number of benzene rings is 2. The Balaban J connectivity index is 1.50. The summed E-state index contributed by atoms with van der Waals surface area (Å²) in [4.78, 5) is 14.5. The van der Waals surface area contributed by atoms with Crippen LogP contribution in [-0.4, -0.2) is 116 Å². The van der Waals surface area contributed by atoms with Crippen LogP contribution in [0.15, 0.2) is 30.3 Å². The Kier molecular flexibility index (Phi) is 7.97. The minimum Gasteiger partial charge on any atom is -0.507 e. The number of nitrogens with zero attached hydrogens (tertiary/aromatic N) is 8. The summed E-state index contributed by atoms with van der Waals surface area (Å²) in [6.07, 6.45) is 0.650. The van der Waals surface area contributed by atoms with E-state index in [-0.39, 0.29) is 11.5 Å². The molecule has 2 saturated heterocycles. The highest BCUT2D eigenvalue weighted by atomic mass is 16.3. The van der Waals surface area contributed by atoms with E-state index in [2.05, 4.69) is 55.9 Å². The summed E-state index contributed by atoms with van der Waals surface area (Å²) in [6, 6.07) is 10.1. The normalized spacial score (nSPS) is 17.9. The topological polar surface area (TPSA) is 89.1 Å². The van der Waals surface area contributed by atoms with Gasteiger partial charge in [0.15, 0.2) is 0 Å². The summed E-state index contributed by atoms with van der Waals surface area (Å²) in [5, 5.41) is 28.4. The number of aryl methyl sites for hydroxylation is 2. The number of hydrogen-bond donors (Lipinski definition) is 2. The Morgan fingerprint density at radius 2 is 1.48 bits per heavy atom. The maximum atomic E-state index is 11.9. The van der Waals surface area contributed by atoms with E-state index in [0.29, 0.717) is 36.5 Å². The van der Waals surface area contributed by atoms with E-state index in [0.717, 1.165) is 86.0 Å². The lowest BCUT2D eigenvalue weighted by Gasteiger charge is -2.33. The van der Waals surface area contributed by atoms with Gasteiger partial charge in [-0.1, -0.05) is 19.1 Å². The smallest absolute Gasteiger partial charge is 0.144 e. The molecule has 2 aromatic carbocycles. The first-order chi connectivity index (χ1) is 20.2. The van der Waals surface area contributed by atoms with Crippen LogP contribution < -0.4 is 0 Å². The third-order valence-electron chi connectivity index (χ3n) is 9.21. The number of likely N-dealkylation sites (N-methyl/N-ethyl adjacent to an activating group) is 2. The van der Waals surface area contributed by atoms with Crippen molar-refractivity contribution in [2.45, 2.75) is 33.5 Å². The van der Waals surface area contributed by atoms with Gasteiger partial charge < -0.3 is 24.6 Å². The number of aromatic hydroxyl groups is 2. The number of phenolic OH excluding ortho intramolecular Hbond substituents is 2. The molecule has 2 aliphatic heterocycles. The molecule has 42 heavy (non-hydrogen) atoms. The highest BCUT2D eigenvalue weighted by Crippen LogP contribution is 2.44. The average Bonchev–Trinajstić information content (AvgIpc) is 3.49. The highest BCUT2D eigenvalue weighted by molar-refractivity contribution is 5.88. The first-order valence-electron chi connectivity index (χ1n) is 15.1. The van der Waals surface area contributed by atoms with E-state index < -0.39 is 0 Å². The quantitative estimate of drug-likeness (QED) is 0.349. The van der Waals surface area contributed by atoms with Crippen molar-refractivity contribution in [3.8, 4) is 34.1 Å². The number of hydrogen-bond acceptors (Lipinski definition) is 8. The zero-order valence-corrected chi connectivity index (χ0v) is 25.6. The van der Waals surface area contributed by atoms with Crippen molar-refractivity contribution in [1.29, 1.82) is 0 Å². The van der Waals surface area contributed by atoms with Gasteiger partial charge in [0.25, 0.3) is 0 Å². The molecule has 10 heteroatoms.